The highest BCUT2D eigenvalue weighted by Gasteiger charge is 2.21. The Bertz CT molecular complexity index is 547. The molecule has 2 N–H and O–H groups in total. The molecule has 0 fully saturated rings. The van der Waals surface area contributed by atoms with Gasteiger partial charge in [0.1, 0.15) is 0 Å². The molecule has 0 amide bonds. The molecule has 0 atom stereocenters. The lowest BCUT2D eigenvalue weighted by Crippen LogP contribution is -2.32. The molecule has 1 aromatic heterocycles. The Morgan fingerprint density at radius 1 is 1.35 bits per heavy atom. The minimum Gasteiger partial charge on any atom is -0.398 e. The Balaban J connectivity index is 1.94. The molecule has 1 aliphatic heterocycles. The summed E-state index contributed by atoms with van der Waals surface area (Å²) >= 11 is 0. The van der Waals surface area contributed by atoms with E-state index in [2.05, 4.69) is 26.5 Å². The zero-order valence-electron chi connectivity index (χ0n) is 9.67. The Morgan fingerprint density at radius 2 is 2.24 bits per heavy atom. The predicted molar refractivity (Wildman–Crippen MR) is 64.4 cm³/mol. The number of fused-ring (bicyclic) bond motifs is 1. The molecule has 0 bridgehead atoms. The number of nitrogen functional groups attached to an aromatic ring is 1. The summed E-state index contributed by atoms with van der Waals surface area (Å²) in [4.78, 5) is 2.17. The largest absolute Gasteiger partial charge is 0.398 e. The number of benzene rings is 1. The van der Waals surface area contributed by atoms with E-state index in [4.69, 9.17) is 5.73 Å². The van der Waals surface area contributed by atoms with Gasteiger partial charge in [-0.25, -0.2) is 4.68 Å². The van der Waals surface area contributed by atoms with E-state index in [1.54, 1.807) is 4.68 Å². The van der Waals surface area contributed by atoms with Gasteiger partial charge in [0.2, 0.25) is 5.95 Å². The molecular weight excluding hydrogens is 216 g/mol. The van der Waals surface area contributed by atoms with Crippen LogP contribution >= 0.6 is 0 Å². The van der Waals surface area contributed by atoms with Gasteiger partial charge in [0.25, 0.3) is 0 Å². The van der Waals surface area contributed by atoms with Gasteiger partial charge in [0.15, 0.2) is 0 Å². The van der Waals surface area contributed by atoms with Crippen LogP contribution in [0, 0.1) is 0 Å². The van der Waals surface area contributed by atoms with E-state index in [1.807, 2.05) is 19.2 Å². The van der Waals surface area contributed by atoms with Crippen molar-refractivity contribution in [2.45, 2.75) is 13.0 Å². The third-order valence-corrected chi connectivity index (χ3v) is 3.18. The Labute approximate surface area is 99.0 Å². The van der Waals surface area contributed by atoms with Gasteiger partial charge < -0.3 is 10.6 Å². The van der Waals surface area contributed by atoms with Crippen molar-refractivity contribution in [2.75, 3.05) is 17.2 Å². The van der Waals surface area contributed by atoms with Crippen LogP contribution in [0.25, 0.3) is 0 Å². The van der Waals surface area contributed by atoms with Crippen LogP contribution in [0.2, 0.25) is 0 Å². The van der Waals surface area contributed by atoms with E-state index in [9.17, 15) is 0 Å². The fourth-order valence-corrected chi connectivity index (χ4v) is 2.30. The number of anilines is 2. The highest BCUT2D eigenvalue weighted by atomic mass is 15.6. The maximum Gasteiger partial charge on any atom is 0.245 e. The van der Waals surface area contributed by atoms with Crippen LogP contribution in [0.3, 0.4) is 0 Å². The lowest BCUT2D eigenvalue weighted by atomic mass is 9.98. The number of hydrogen-bond donors (Lipinski definition) is 1. The van der Waals surface area contributed by atoms with Crippen LogP contribution in [-0.2, 0) is 20.0 Å². The van der Waals surface area contributed by atoms with Crippen LogP contribution < -0.4 is 10.6 Å². The zero-order valence-corrected chi connectivity index (χ0v) is 9.67. The van der Waals surface area contributed by atoms with Gasteiger partial charge in [-0.15, -0.1) is 0 Å². The second-order valence-electron chi connectivity index (χ2n) is 4.26. The van der Waals surface area contributed by atoms with Gasteiger partial charge in [-0.3, -0.25) is 0 Å². The topological polar surface area (TPSA) is 72.9 Å². The molecule has 88 valence electrons. The lowest BCUT2D eigenvalue weighted by Gasteiger charge is -2.29. The number of hydrogen-bond acceptors (Lipinski definition) is 5. The predicted octanol–water partition coefficient (Wildman–Crippen LogP) is 0.355. The summed E-state index contributed by atoms with van der Waals surface area (Å²) < 4.78 is 1.69. The highest BCUT2D eigenvalue weighted by Crippen LogP contribution is 2.25. The van der Waals surface area contributed by atoms with Gasteiger partial charge in [-0.1, -0.05) is 17.2 Å². The minimum atomic E-state index is 0.804. The third-order valence-electron chi connectivity index (χ3n) is 3.18. The molecule has 2 aromatic rings. The number of aryl methyl sites for hydroxylation is 1. The summed E-state index contributed by atoms with van der Waals surface area (Å²) in [6.07, 6.45) is 0.939. The van der Waals surface area contributed by atoms with Gasteiger partial charge in [-0.2, -0.15) is 0 Å². The Morgan fingerprint density at radius 3 is 3.00 bits per heavy atom. The Kier molecular flexibility index (Phi) is 2.21. The molecule has 17 heavy (non-hydrogen) atoms. The van der Waals surface area contributed by atoms with Gasteiger partial charge in [-0.05, 0) is 34.0 Å². The van der Waals surface area contributed by atoms with Gasteiger partial charge in [0.05, 0.1) is 0 Å². The second kappa shape index (κ2) is 3.73. The van der Waals surface area contributed by atoms with Crippen LogP contribution in [-0.4, -0.2) is 26.8 Å². The molecule has 6 heteroatoms. The maximum atomic E-state index is 5.97. The molecule has 1 aliphatic rings. The van der Waals surface area contributed by atoms with Gasteiger partial charge in [0, 0.05) is 25.8 Å². The average molecular weight is 230 g/mol. The second-order valence-corrected chi connectivity index (χ2v) is 4.26. The molecule has 1 aromatic carbocycles. The summed E-state index contributed by atoms with van der Waals surface area (Å²) in [7, 11) is 1.85. The van der Waals surface area contributed by atoms with Crippen molar-refractivity contribution < 1.29 is 0 Å². The summed E-state index contributed by atoms with van der Waals surface area (Å²) in [6.45, 7) is 1.71. The molecule has 3 rings (SSSR count). The minimum absolute atomic E-state index is 0.804. The van der Waals surface area contributed by atoms with Gasteiger partial charge >= 0.3 is 0 Å². The molecule has 0 radical (unpaired) electrons. The summed E-state index contributed by atoms with van der Waals surface area (Å²) in [5.74, 6) is 0.804. The Hall–Kier alpha value is -2.11. The average Bonchev–Trinajstić information content (AvgIpc) is 2.75. The molecule has 0 saturated heterocycles. The highest BCUT2D eigenvalue weighted by molar-refractivity contribution is 5.54. The van der Waals surface area contributed by atoms with E-state index in [-0.39, 0.29) is 0 Å². The maximum absolute atomic E-state index is 5.97. The van der Waals surface area contributed by atoms with Crippen molar-refractivity contribution in [3.05, 3.63) is 29.3 Å². The molecular formula is C11H14N6. The summed E-state index contributed by atoms with van der Waals surface area (Å²) in [5.41, 5.74) is 9.38. The van der Waals surface area contributed by atoms with E-state index in [0.29, 0.717) is 0 Å². The third kappa shape index (κ3) is 1.61. The van der Waals surface area contributed by atoms with Crippen molar-refractivity contribution in [1.82, 2.24) is 20.2 Å². The van der Waals surface area contributed by atoms with Crippen LogP contribution in [0.1, 0.15) is 11.1 Å². The first-order valence-corrected chi connectivity index (χ1v) is 5.59. The summed E-state index contributed by atoms with van der Waals surface area (Å²) in [5, 5.41) is 11.6. The number of nitrogens with two attached hydrogens (primary N) is 1. The molecule has 0 saturated carbocycles. The zero-order chi connectivity index (χ0) is 11.8. The number of rotatable bonds is 1. The van der Waals surface area contributed by atoms with Crippen molar-refractivity contribution >= 4 is 11.6 Å². The quantitative estimate of drug-likeness (QED) is 0.716. The summed E-state index contributed by atoms with van der Waals surface area (Å²) in [6, 6.07) is 6.06. The van der Waals surface area contributed by atoms with E-state index < -0.39 is 0 Å². The fraction of sp³-hybridized carbons (Fsp3) is 0.364. The first kappa shape index (κ1) is 10.1. The van der Waals surface area contributed by atoms with Crippen LogP contribution in [0.15, 0.2) is 18.2 Å². The van der Waals surface area contributed by atoms with Crippen molar-refractivity contribution in [3.8, 4) is 0 Å². The lowest BCUT2D eigenvalue weighted by molar-refractivity contribution is 0.656. The van der Waals surface area contributed by atoms with Crippen LogP contribution in [0.4, 0.5) is 11.6 Å². The number of tetrazole rings is 1. The normalized spacial score (nSPS) is 14.8. The van der Waals surface area contributed by atoms with Crippen molar-refractivity contribution in [2.24, 2.45) is 7.05 Å². The molecule has 0 unspecified atom stereocenters. The molecule has 2 heterocycles. The SMILES string of the molecule is Cn1nnnc1N1CCc2c(N)cccc2C1. The number of nitrogens with zero attached hydrogens (tertiary/aromatic N) is 5. The fourth-order valence-electron chi connectivity index (χ4n) is 2.30. The van der Waals surface area contributed by atoms with E-state index >= 15 is 0 Å². The van der Waals surface area contributed by atoms with E-state index in [1.165, 1.54) is 11.1 Å². The first-order valence-electron chi connectivity index (χ1n) is 5.59. The van der Waals surface area contributed by atoms with Crippen molar-refractivity contribution in [3.63, 3.8) is 0 Å². The van der Waals surface area contributed by atoms with Crippen molar-refractivity contribution in [1.29, 1.82) is 0 Å². The monoisotopic (exact) mass is 230 g/mol. The molecule has 6 nitrogen and oxygen atoms in total. The van der Waals surface area contributed by atoms with Crippen LogP contribution in [0.5, 0.6) is 0 Å². The molecule has 0 aliphatic carbocycles. The van der Waals surface area contributed by atoms with E-state index in [0.717, 1.165) is 31.1 Å². The number of aromatic nitrogens is 4. The smallest absolute Gasteiger partial charge is 0.245 e. The standard InChI is InChI=1S/C11H14N6/c1-16-11(13-14-15-16)17-6-5-9-8(7-17)3-2-4-10(9)12/h2-4H,5-7,12H2,1H3. The molecule has 0 spiro atoms. The first-order chi connectivity index (χ1) is 8.25.